The molecule has 1 fully saturated rings. The Morgan fingerprint density at radius 3 is 2.57 bits per heavy atom. The van der Waals surface area contributed by atoms with Gasteiger partial charge in [-0.2, -0.15) is 5.10 Å². The molecule has 3 nitrogen and oxygen atoms in total. The first-order valence-electron chi connectivity index (χ1n) is 8.06. The lowest BCUT2D eigenvalue weighted by molar-refractivity contribution is 0.263. The first-order chi connectivity index (χ1) is 10.4. The van der Waals surface area contributed by atoms with Crippen LogP contribution in [0.1, 0.15) is 55.3 Å². The van der Waals surface area contributed by atoms with E-state index >= 15 is 0 Å². The molecule has 2 aromatic rings. The normalized spacial score (nSPS) is 17.8. The summed E-state index contributed by atoms with van der Waals surface area (Å²) in [4.78, 5) is 0. The van der Waals surface area contributed by atoms with Crippen molar-refractivity contribution in [2.24, 2.45) is 0 Å². The fraction of sp³-hybridized carbons (Fsp3) is 0.500. The van der Waals surface area contributed by atoms with E-state index < -0.39 is 0 Å². The van der Waals surface area contributed by atoms with E-state index in [9.17, 15) is 5.11 Å². The smallest absolute Gasteiger partial charge is 0.0631 e. The lowest BCUT2D eigenvalue weighted by Crippen LogP contribution is -2.14. The van der Waals surface area contributed by atoms with Crippen LogP contribution in [0.25, 0.3) is 0 Å². The van der Waals surface area contributed by atoms with E-state index in [0.29, 0.717) is 6.04 Å². The topological polar surface area (TPSA) is 38.0 Å². The molecule has 3 rings (SSSR count). The highest BCUT2D eigenvalue weighted by Gasteiger charge is 2.17. The SMILES string of the molecule is OCC(Cc1ccn(C2CCCCC2)n1)c1ccccc1. The molecule has 112 valence electrons. The maximum Gasteiger partial charge on any atom is 0.0631 e. The summed E-state index contributed by atoms with van der Waals surface area (Å²) in [6.45, 7) is 0.167. The van der Waals surface area contributed by atoms with Crippen LogP contribution in [0.3, 0.4) is 0 Å². The molecular weight excluding hydrogens is 260 g/mol. The van der Waals surface area contributed by atoms with Gasteiger partial charge in [0.25, 0.3) is 0 Å². The predicted octanol–water partition coefficient (Wildman–Crippen LogP) is 3.71. The first kappa shape index (κ1) is 14.3. The van der Waals surface area contributed by atoms with Crippen LogP contribution in [0.15, 0.2) is 42.6 Å². The molecule has 3 heteroatoms. The van der Waals surface area contributed by atoms with Crippen LogP contribution >= 0.6 is 0 Å². The summed E-state index contributed by atoms with van der Waals surface area (Å²) in [5.41, 5.74) is 2.27. The zero-order valence-electron chi connectivity index (χ0n) is 12.5. The number of hydrogen-bond acceptors (Lipinski definition) is 2. The lowest BCUT2D eigenvalue weighted by Gasteiger charge is -2.22. The molecule has 0 bridgehead atoms. The fourth-order valence-electron chi connectivity index (χ4n) is 3.30. The van der Waals surface area contributed by atoms with Crippen molar-refractivity contribution in [3.05, 3.63) is 53.9 Å². The largest absolute Gasteiger partial charge is 0.396 e. The van der Waals surface area contributed by atoms with Gasteiger partial charge in [0, 0.05) is 18.5 Å². The molecule has 0 spiro atoms. The van der Waals surface area contributed by atoms with Gasteiger partial charge in [-0.25, -0.2) is 0 Å². The molecule has 0 radical (unpaired) electrons. The van der Waals surface area contributed by atoms with Crippen LogP contribution < -0.4 is 0 Å². The second-order valence-corrected chi connectivity index (χ2v) is 6.07. The minimum atomic E-state index is 0.140. The average molecular weight is 284 g/mol. The zero-order valence-corrected chi connectivity index (χ0v) is 12.5. The standard InChI is InChI=1S/C18H24N2O/c21-14-16(15-7-3-1-4-8-15)13-17-11-12-20(19-17)18-9-5-2-6-10-18/h1,3-4,7-8,11-12,16,18,21H,2,5-6,9-10,13-14H2. The van der Waals surface area contributed by atoms with Gasteiger partial charge < -0.3 is 5.11 Å². The van der Waals surface area contributed by atoms with E-state index in [1.54, 1.807) is 0 Å². The first-order valence-corrected chi connectivity index (χ1v) is 8.06. The Bertz CT molecular complexity index is 543. The fourth-order valence-corrected chi connectivity index (χ4v) is 3.30. The Hall–Kier alpha value is -1.61. The Morgan fingerprint density at radius 2 is 1.86 bits per heavy atom. The monoisotopic (exact) mass is 284 g/mol. The van der Waals surface area contributed by atoms with Crippen LogP contribution in [-0.4, -0.2) is 21.5 Å². The van der Waals surface area contributed by atoms with Crippen molar-refractivity contribution in [1.29, 1.82) is 0 Å². The molecule has 0 saturated heterocycles. The van der Waals surface area contributed by atoms with Crippen molar-refractivity contribution < 1.29 is 5.11 Å². The molecule has 1 N–H and O–H groups in total. The van der Waals surface area contributed by atoms with Crippen LogP contribution in [0, 0.1) is 0 Å². The van der Waals surface area contributed by atoms with Crippen molar-refractivity contribution >= 4 is 0 Å². The van der Waals surface area contributed by atoms with E-state index in [1.807, 2.05) is 18.2 Å². The van der Waals surface area contributed by atoms with Gasteiger partial charge in [-0.1, -0.05) is 49.6 Å². The third-order valence-corrected chi connectivity index (χ3v) is 4.56. The number of benzene rings is 1. The van der Waals surface area contributed by atoms with Gasteiger partial charge in [0.2, 0.25) is 0 Å². The van der Waals surface area contributed by atoms with Gasteiger partial charge in [0.15, 0.2) is 0 Å². The third-order valence-electron chi connectivity index (χ3n) is 4.56. The van der Waals surface area contributed by atoms with Crippen LogP contribution in [0.2, 0.25) is 0 Å². The van der Waals surface area contributed by atoms with Crippen LogP contribution in [-0.2, 0) is 6.42 Å². The molecule has 1 aromatic heterocycles. The summed E-state index contributed by atoms with van der Waals surface area (Å²) in [7, 11) is 0. The van der Waals surface area contributed by atoms with Crippen molar-refractivity contribution in [1.82, 2.24) is 9.78 Å². The summed E-state index contributed by atoms with van der Waals surface area (Å²) in [6, 6.07) is 12.9. The van der Waals surface area contributed by atoms with E-state index in [4.69, 9.17) is 5.10 Å². The summed E-state index contributed by atoms with van der Waals surface area (Å²) in [6.07, 6.45) is 9.44. The maximum atomic E-state index is 9.66. The molecule has 0 amide bonds. The number of rotatable bonds is 5. The number of aliphatic hydroxyl groups is 1. The molecule has 21 heavy (non-hydrogen) atoms. The second-order valence-electron chi connectivity index (χ2n) is 6.07. The van der Waals surface area contributed by atoms with E-state index in [-0.39, 0.29) is 12.5 Å². The number of aromatic nitrogens is 2. The highest BCUT2D eigenvalue weighted by molar-refractivity contribution is 5.21. The van der Waals surface area contributed by atoms with Gasteiger partial charge in [-0.3, -0.25) is 4.68 Å². The number of aliphatic hydroxyl groups excluding tert-OH is 1. The molecule has 1 unspecified atom stereocenters. The van der Waals surface area contributed by atoms with Crippen LogP contribution in [0.5, 0.6) is 0 Å². The molecule has 1 aliphatic rings. The molecule has 1 heterocycles. The zero-order chi connectivity index (χ0) is 14.5. The minimum Gasteiger partial charge on any atom is -0.396 e. The number of hydrogen-bond donors (Lipinski definition) is 1. The van der Waals surface area contributed by atoms with E-state index in [2.05, 4.69) is 29.1 Å². The minimum absolute atomic E-state index is 0.140. The molecule has 1 atom stereocenters. The Balaban J connectivity index is 1.68. The summed E-state index contributed by atoms with van der Waals surface area (Å²) >= 11 is 0. The quantitative estimate of drug-likeness (QED) is 0.909. The summed E-state index contributed by atoms with van der Waals surface area (Å²) in [5, 5.41) is 14.4. The third kappa shape index (κ3) is 3.53. The van der Waals surface area contributed by atoms with Crippen molar-refractivity contribution in [2.45, 2.75) is 50.5 Å². The van der Waals surface area contributed by atoms with Gasteiger partial charge in [-0.05, 0) is 24.5 Å². The summed E-state index contributed by atoms with van der Waals surface area (Å²) in [5.74, 6) is 0.140. The molecule has 0 aliphatic heterocycles. The molecule has 1 aromatic carbocycles. The summed E-state index contributed by atoms with van der Waals surface area (Å²) < 4.78 is 2.15. The average Bonchev–Trinajstić information content (AvgIpc) is 3.03. The lowest BCUT2D eigenvalue weighted by atomic mass is 9.95. The van der Waals surface area contributed by atoms with E-state index in [1.165, 1.54) is 37.7 Å². The Morgan fingerprint density at radius 1 is 1.10 bits per heavy atom. The molecule has 1 aliphatic carbocycles. The highest BCUT2D eigenvalue weighted by atomic mass is 16.3. The highest BCUT2D eigenvalue weighted by Crippen LogP contribution is 2.28. The Kier molecular flexibility index (Phi) is 4.71. The maximum absolute atomic E-state index is 9.66. The van der Waals surface area contributed by atoms with E-state index in [0.717, 1.165) is 12.1 Å². The molecule has 1 saturated carbocycles. The van der Waals surface area contributed by atoms with Gasteiger partial charge in [0.05, 0.1) is 18.3 Å². The van der Waals surface area contributed by atoms with Crippen molar-refractivity contribution in [3.8, 4) is 0 Å². The predicted molar refractivity (Wildman–Crippen MR) is 84.3 cm³/mol. The Labute approximate surface area is 126 Å². The van der Waals surface area contributed by atoms with Crippen LogP contribution in [0.4, 0.5) is 0 Å². The van der Waals surface area contributed by atoms with Gasteiger partial charge in [0.1, 0.15) is 0 Å². The van der Waals surface area contributed by atoms with Crippen molar-refractivity contribution in [3.63, 3.8) is 0 Å². The van der Waals surface area contributed by atoms with Crippen molar-refractivity contribution in [2.75, 3.05) is 6.61 Å². The number of nitrogens with zero attached hydrogens (tertiary/aromatic N) is 2. The second kappa shape index (κ2) is 6.90. The van der Waals surface area contributed by atoms with Gasteiger partial charge in [-0.15, -0.1) is 0 Å². The molecular formula is C18H24N2O. The van der Waals surface area contributed by atoms with Gasteiger partial charge >= 0.3 is 0 Å².